The van der Waals surface area contributed by atoms with Crippen LogP contribution in [0.3, 0.4) is 0 Å². The van der Waals surface area contributed by atoms with E-state index in [0.717, 1.165) is 30.3 Å². The minimum Gasteiger partial charge on any atom is -0.477 e. The number of fused-ring (bicyclic) bond motifs is 1. The minimum absolute atomic E-state index is 0.0430. The second kappa shape index (κ2) is 14.4. The smallest absolute Gasteiger partial charge is 0.416 e. The molecule has 0 radical (unpaired) electrons. The van der Waals surface area contributed by atoms with Gasteiger partial charge in [0.05, 0.1) is 11.3 Å². The van der Waals surface area contributed by atoms with E-state index in [9.17, 15) is 49.5 Å². The SMILES string of the molecule is CCN1C(=O)C(NC(=O)c2cccc(C(F)(F)F)c2)C(c2ccc(F)cc2)c2c(NC(=O)COc3c(F)c(F)cc(F)c3F)nn(-c3ccccc3)c21. The van der Waals surface area contributed by atoms with Crippen molar-refractivity contribution in [1.82, 2.24) is 15.1 Å². The largest absolute Gasteiger partial charge is 0.477 e. The fourth-order valence-corrected chi connectivity index (χ4v) is 5.92. The average Bonchev–Trinajstić information content (AvgIpc) is 3.49. The van der Waals surface area contributed by atoms with Gasteiger partial charge in [-0.3, -0.25) is 19.3 Å². The molecule has 3 amide bonds. The number of carbonyl (C=O) groups is 3. The number of hydrogen-bond acceptors (Lipinski definition) is 5. The molecule has 4 aromatic carbocycles. The van der Waals surface area contributed by atoms with Crippen molar-refractivity contribution in [2.75, 3.05) is 23.4 Å². The number of aromatic nitrogens is 2. The zero-order valence-electron chi connectivity index (χ0n) is 27.2. The van der Waals surface area contributed by atoms with Gasteiger partial charge < -0.3 is 15.4 Å². The Bertz CT molecular complexity index is 2180. The Hall–Kier alpha value is -6.26. The van der Waals surface area contributed by atoms with Crippen LogP contribution in [0, 0.1) is 29.1 Å². The van der Waals surface area contributed by atoms with Crippen LogP contribution in [0.2, 0.25) is 0 Å². The van der Waals surface area contributed by atoms with E-state index in [1.807, 2.05) is 0 Å². The second-order valence-electron chi connectivity index (χ2n) is 11.6. The molecule has 0 saturated heterocycles. The van der Waals surface area contributed by atoms with Crippen molar-refractivity contribution in [3.05, 3.63) is 136 Å². The van der Waals surface area contributed by atoms with Crippen LogP contribution in [0.25, 0.3) is 5.69 Å². The van der Waals surface area contributed by atoms with E-state index in [1.54, 1.807) is 37.3 Å². The van der Waals surface area contributed by atoms with Gasteiger partial charge in [0.2, 0.25) is 11.6 Å². The summed E-state index contributed by atoms with van der Waals surface area (Å²) in [4.78, 5) is 42.4. The molecule has 0 aliphatic carbocycles. The number of rotatable bonds is 9. The summed E-state index contributed by atoms with van der Waals surface area (Å²) in [7, 11) is 0. The topological polar surface area (TPSA) is 106 Å². The summed E-state index contributed by atoms with van der Waals surface area (Å²) in [5.74, 6) is -14.0. The Morgan fingerprint density at radius 1 is 0.868 bits per heavy atom. The molecule has 9 nitrogen and oxygen atoms in total. The van der Waals surface area contributed by atoms with Crippen LogP contribution in [-0.4, -0.2) is 46.7 Å². The predicted octanol–water partition coefficient (Wildman–Crippen LogP) is 6.90. The Kier molecular flexibility index (Phi) is 9.92. The highest BCUT2D eigenvalue weighted by Gasteiger charge is 2.47. The molecular weight excluding hydrogens is 718 g/mol. The molecule has 53 heavy (non-hydrogen) atoms. The van der Waals surface area contributed by atoms with Crippen LogP contribution < -0.4 is 20.3 Å². The number of alkyl halides is 3. The lowest BCUT2D eigenvalue weighted by molar-refractivity contribution is -0.137. The summed E-state index contributed by atoms with van der Waals surface area (Å²) in [6.45, 7) is 0.328. The minimum atomic E-state index is -4.79. The second-order valence-corrected chi connectivity index (χ2v) is 11.6. The monoisotopic (exact) mass is 743 g/mol. The maximum absolute atomic E-state index is 14.3. The van der Waals surface area contributed by atoms with Gasteiger partial charge in [0.1, 0.15) is 17.7 Å². The van der Waals surface area contributed by atoms with Crippen LogP contribution in [-0.2, 0) is 15.8 Å². The third kappa shape index (κ3) is 7.14. The molecule has 2 heterocycles. The first kappa shape index (κ1) is 36.5. The van der Waals surface area contributed by atoms with Crippen LogP contribution in [0.15, 0.2) is 84.9 Å². The molecular formula is C36H25F8N5O4. The molecule has 1 aliphatic rings. The highest BCUT2D eigenvalue weighted by molar-refractivity contribution is 6.07. The number of likely N-dealkylation sites (N-methyl/N-ethyl adjacent to an activating group) is 1. The van der Waals surface area contributed by atoms with Crippen LogP contribution in [0.1, 0.15) is 39.9 Å². The molecule has 0 fully saturated rings. The van der Waals surface area contributed by atoms with Gasteiger partial charge in [-0.25, -0.2) is 17.9 Å². The van der Waals surface area contributed by atoms with E-state index in [-0.39, 0.29) is 35.4 Å². The van der Waals surface area contributed by atoms with Gasteiger partial charge >= 0.3 is 6.18 Å². The normalized spacial score (nSPS) is 15.6. The fraction of sp³-hybridized carbons (Fsp3) is 0.167. The summed E-state index contributed by atoms with van der Waals surface area (Å²) in [6, 6.07) is 14.8. The van der Waals surface area contributed by atoms with Gasteiger partial charge in [0.25, 0.3) is 17.7 Å². The van der Waals surface area contributed by atoms with E-state index < -0.39 is 88.4 Å². The van der Waals surface area contributed by atoms with Crippen molar-refractivity contribution in [2.45, 2.75) is 25.1 Å². The molecule has 6 rings (SSSR count). The molecule has 0 saturated carbocycles. The standard InChI is InChI=1S/C36H25F8N5O4/c1-2-48-34-27(26(18-11-13-21(37)14-12-18)30(35(48)52)46-33(51)19-7-6-8-20(15-19)36(42,43)44)32(47-49(34)22-9-4-3-5-10-22)45-25(50)17-53-31-28(40)23(38)16-24(39)29(31)41/h3-16,26,30H,2,17H2,1H3,(H,46,51)(H,45,47,50). The number of nitrogens with zero attached hydrogens (tertiary/aromatic N) is 3. The maximum atomic E-state index is 14.3. The molecule has 274 valence electrons. The molecule has 0 spiro atoms. The molecule has 0 bridgehead atoms. The first-order valence-corrected chi connectivity index (χ1v) is 15.7. The van der Waals surface area contributed by atoms with Gasteiger partial charge in [0, 0.05) is 29.7 Å². The third-order valence-corrected chi connectivity index (χ3v) is 8.29. The number of carbonyl (C=O) groups excluding carboxylic acids is 3. The fourth-order valence-electron chi connectivity index (χ4n) is 5.92. The lowest BCUT2D eigenvalue weighted by Crippen LogP contribution is -2.55. The molecule has 2 N–H and O–H groups in total. The maximum Gasteiger partial charge on any atom is 0.416 e. The number of benzene rings is 4. The molecule has 2 unspecified atom stereocenters. The number of para-hydroxylation sites is 1. The molecule has 17 heteroatoms. The zero-order chi connectivity index (χ0) is 38.2. The zero-order valence-corrected chi connectivity index (χ0v) is 27.2. The highest BCUT2D eigenvalue weighted by atomic mass is 19.4. The lowest BCUT2D eigenvalue weighted by atomic mass is 9.81. The van der Waals surface area contributed by atoms with Crippen molar-refractivity contribution in [1.29, 1.82) is 0 Å². The summed E-state index contributed by atoms with van der Waals surface area (Å²) >= 11 is 0. The van der Waals surface area contributed by atoms with Gasteiger partial charge in [-0.2, -0.15) is 22.0 Å². The Balaban J connectivity index is 1.47. The van der Waals surface area contributed by atoms with E-state index in [1.165, 1.54) is 21.7 Å². The van der Waals surface area contributed by atoms with Crippen LogP contribution >= 0.6 is 0 Å². The van der Waals surface area contributed by atoms with Crippen molar-refractivity contribution >= 4 is 29.4 Å². The van der Waals surface area contributed by atoms with Gasteiger partial charge in [-0.1, -0.05) is 36.4 Å². The first-order chi connectivity index (χ1) is 25.2. The molecule has 1 aliphatic heterocycles. The first-order valence-electron chi connectivity index (χ1n) is 15.7. The summed E-state index contributed by atoms with van der Waals surface area (Å²) in [5, 5.41) is 9.44. The van der Waals surface area contributed by atoms with Crippen molar-refractivity contribution < 1.29 is 54.2 Å². The van der Waals surface area contributed by atoms with Crippen LogP contribution in [0.4, 0.5) is 46.8 Å². The highest BCUT2D eigenvalue weighted by Crippen LogP contribution is 2.45. The van der Waals surface area contributed by atoms with Crippen molar-refractivity contribution in [2.24, 2.45) is 0 Å². The van der Waals surface area contributed by atoms with E-state index in [0.29, 0.717) is 11.8 Å². The van der Waals surface area contributed by atoms with Gasteiger partial charge in [-0.05, 0) is 55.0 Å². The predicted molar refractivity (Wildman–Crippen MR) is 173 cm³/mol. The Labute approximate surface area is 294 Å². The Morgan fingerprint density at radius 3 is 2.15 bits per heavy atom. The molecule has 1 aromatic heterocycles. The number of anilines is 2. The quantitative estimate of drug-likeness (QED) is 0.126. The molecule has 2 atom stereocenters. The number of halogens is 8. The molecule has 5 aromatic rings. The van der Waals surface area contributed by atoms with Crippen molar-refractivity contribution in [3.8, 4) is 11.4 Å². The summed E-state index contributed by atoms with van der Waals surface area (Å²) < 4.78 is 117. The number of nitrogens with one attached hydrogen (secondary N) is 2. The summed E-state index contributed by atoms with van der Waals surface area (Å²) in [5.41, 5.74) is -0.929. The van der Waals surface area contributed by atoms with Gasteiger partial charge in [-0.15, -0.1) is 5.10 Å². The average molecular weight is 744 g/mol. The number of amides is 3. The van der Waals surface area contributed by atoms with E-state index in [2.05, 4.69) is 15.7 Å². The third-order valence-electron chi connectivity index (χ3n) is 8.29. The summed E-state index contributed by atoms with van der Waals surface area (Å²) in [6.07, 6.45) is -4.79. The number of ether oxygens (including phenoxy) is 1. The van der Waals surface area contributed by atoms with Crippen LogP contribution in [0.5, 0.6) is 5.75 Å². The Morgan fingerprint density at radius 2 is 1.53 bits per heavy atom. The van der Waals surface area contributed by atoms with Crippen molar-refractivity contribution in [3.63, 3.8) is 0 Å². The van der Waals surface area contributed by atoms with Gasteiger partial charge in [0.15, 0.2) is 29.8 Å². The van der Waals surface area contributed by atoms with E-state index >= 15 is 0 Å². The van der Waals surface area contributed by atoms with E-state index in [4.69, 9.17) is 4.74 Å². The lowest BCUT2D eigenvalue weighted by Gasteiger charge is -2.38. The number of hydrogen-bond donors (Lipinski definition) is 2.